The van der Waals surface area contributed by atoms with Crippen molar-refractivity contribution < 1.29 is 13.9 Å². The van der Waals surface area contributed by atoms with Gasteiger partial charge in [-0.1, -0.05) is 24.3 Å². The van der Waals surface area contributed by atoms with Gasteiger partial charge in [0.25, 0.3) is 0 Å². The topological polar surface area (TPSA) is 44.2 Å². The summed E-state index contributed by atoms with van der Waals surface area (Å²) in [6.45, 7) is 0. The summed E-state index contributed by atoms with van der Waals surface area (Å²) >= 11 is 0. The number of ether oxygens (including phenoxy) is 2. The van der Waals surface area contributed by atoms with Gasteiger partial charge in [0, 0.05) is 10.9 Å². The second-order valence-electron chi connectivity index (χ2n) is 6.03. The lowest BCUT2D eigenvalue weighted by molar-refractivity contribution is 0.355. The largest absolute Gasteiger partial charge is 0.493 e. The predicted octanol–water partition coefficient (Wildman–Crippen LogP) is 5.12. The number of benzene rings is 3. The molecule has 3 aromatic carbocycles. The Morgan fingerprint density at radius 2 is 1.52 bits per heavy atom. The molecule has 0 aliphatic rings. The molecule has 27 heavy (non-hydrogen) atoms. The summed E-state index contributed by atoms with van der Waals surface area (Å²) in [7, 11) is 3.22. The van der Waals surface area contributed by atoms with Gasteiger partial charge in [-0.3, -0.25) is 0 Å². The van der Waals surface area contributed by atoms with E-state index < -0.39 is 0 Å². The number of fused-ring (bicyclic) bond motifs is 1. The Bertz CT molecular complexity index is 1130. The highest BCUT2D eigenvalue weighted by atomic mass is 19.1. The number of halogens is 1. The molecular weight excluding hydrogens is 343 g/mol. The van der Waals surface area contributed by atoms with E-state index in [1.165, 1.54) is 18.5 Å². The van der Waals surface area contributed by atoms with E-state index >= 15 is 0 Å². The molecule has 0 saturated heterocycles. The molecule has 1 heterocycles. The fourth-order valence-corrected chi connectivity index (χ4v) is 3.12. The summed E-state index contributed by atoms with van der Waals surface area (Å²) < 4.78 is 24.4. The third kappa shape index (κ3) is 3.19. The quantitative estimate of drug-likeness (QED) is 0.507. The Kier molecular flexibility index (Phi) is 4.42. The van der Waals surface area contributed by atoms with Crippen LogP contribution in [0.4, 0.5) is 4.39 Å². The Morgan fingerprint density at radius 1 is 0.741 bits per heavy atom. The van der Waals surface area contributed by atoms with Crippen LogP contribution in [0, 0.1) is 5.82 Å². The van der Waals surface area contributed by atoms with E-state index in [1.807, 2.05) is 42.5 Å². The molecular formula is C22H17FN2O2. The van der Waals surface area contributed by atoms with Crippen molar-refractivity contribution in [2.75, 3.05) is 14.2 Å². The van der Waals surface area contributed by atoms with Gasteiger partial charge in [-0.15, -0.1) is 0 Å². The minimum atomic E-state index is -0.296. The molecule has 4 nitrogen and oxygen atoms in total. The molecule has 4 rings (SSSR count). The van der Waals surface area contributed by atoms with Gasteiger partial charge >= 0.3 is 0 Å². The maximum atomic E-state index is 13.7. The fourth-order valence-electron chi connectivity index (χ4n) is 3.12. The Balaban J connectivity index is 1.88. The van der Waals surface area contributed by atoms with Crippen molar-refractivity contribution in [2.45, 2.75) is 0 Å². The zero-order chi connectivity index (χ0) is 18.8. The molecule has 0 radical (unpaired) electrons. The van der Waals surface area contributed by atoms with Crippen molar-refractivity contribution in [1.82, 2.24) is 9.97 Å². The van der Waals surface area contributed by atoms with Crippen molar-refractivity contribution in [1.29, 1.82) is 0 Å². The van der Waals surface area contributed by atoms with Crippen LogP contribution >= 0.6 is 0 Å². The number of methoxy groups -OCH3 is 2. The number of aromatic nitrogens is 2. The molecule has 0 fully saturated rings. The van der Waals surface area contributed by atoms with E-state index in [1.54, 1.807) is 20.3 Å². The lowest BCUT2D eigenvalue weighted by Crippen LogP contribution is -1.92. The first-order chi connectivity index (χ1) is 13.2. The molecule has 0 saturated carbocycles. The second-order valence-corrected chi connectivity index (χ2v) is 6.03. The van der Waals surface area contributed by atoms with Crippen molar-refractivity contribution in [3.05, 3.63) is 72.8 Å². The minimum absolute atomic E-state index is 0.296. The number of hydrogen-bond donors (Lipinski definition) is 0. The summed E-state index contributed by atoms with van der Waals surface area (Å²) in [6.07, 6.45) is 1.50. The summed E-state index contributed by atoms with van der Waals surface area (Å²) in [6, 6.07) is 18.1. The van der Waals surface area contributed by atoms with Crippen LogP contribution in [0.2, 0.25) is 0 Å². The normalized spacial score (nSPS) is 10.8. The van der Waals surface area contributed by atoms with Crippen molar-refractivity contribution in [2.24, 2.45) is 0 Å². The van der Waals surface area contributed by atoms with E-state index in [0.717, 1.165) is 22.0 Å². The van der Waals surface area contributed by atoms with E-state index in [0.29, 0.717) is 22.8 Å². The summed E-state index contributed by atoms with van der Waals surface area (Å²) in [5.41, 5.74) is 4.17. The van der Waals surface area contributed by atoms with Crippen LogP contribution in [0.3, 0.4) is 0 Å². The zero-order valence-electron chi connectivity index (χ0n) is 14.9. The van der Waals surface area contributed by atoms with Crippen molar-refractivity contribution >= 4 is 10.9 Å². The molecule has 0 aliphatic heterocycles. The van der Waals surface area contributed by atoms with Crippen LogP contribution < -0.4 is 9.47 Å². The molecule has 0 atom stereocenters. The molecule has 0 bridgehead atoms. The maximum absolute atomic E-state index is 13.7. The molecule has 0 amide bonds. The second kappa shape index (κ2) is 7.03. The van der Waals surface area contributed by atoms with Gasteiger partial charge in [-0.05, 0) is 47.5 Å². The SMILES string of the molecule is COc1ccc(-c2ccc3ncnc(-c4cccc(F)c4)c3c2)cc1OC. The Labute approximate surface area is 156 Å². The Morgan fingerprint density at radius 3 is 2.30 bits per heavy atom. The first-order valence-corrected chi connectivity index (χ1v) is 8.42. The zero-order valence-corrected chi connectivity index (χ0v) is 14.9. The molecule has 0 aliphatic carbocycles. The lowest BCUT2D eigenvalue weighted by atomic mass is 10.00. The van der Waals surface area contributed by atoms with E-state index in [-0.39, 0.29) is 5.82 Å². The lowest BCUT2D eigenvalue weighted by Gasteiger charge is -2.11. The number of rotatable bonds is 4. The van der Waals surface area contributed by atoms with Crippen molar-refractivity contribution in [3.63, 3.8) is 0 Å². The standard InChI is InChI=1S/C22H17FN2O2/c1-26-20-9-7-15(12-21(20)27-2)14-6-8-19-18(11-14)22(25-13-24-19)16-4-3-5-17(23)10-16/h3-13H,1-2H3. The van der Waals surface area contributed by atoms with Gasteiger partial charge in [0.15, 0.2) is 11.5 Å². The molecule has 1 aromatic heterocycles. The van der Waals surface area contributed by atoms with Gasteiger partial charge in [-0.25, -0.2) is 14.4 Å². The van der Waals surface area contributed by atoms with Crippen LogP contribution in [0.15, 0.2) is 67.0 Å². The van der Waals surface area contributed by atoms with Gasteiger partial charge in [0.2, 0.25) is 0 Å². The summed E-state index contributed by atoms with van der Waals surface area (Å²) in [4.78, 5) is 8.73. The number of hydrogen-bond acceptors (Lipinski definition) is 4. The van der Waals surface area contributed by atoms with Crippen LogP contribution in [0.5, 0.6) is 11.5 Å². The highest BCUT2D eigenvalue weighted by molar-refractivity contribution is 5.95. The van der Waals surface area contributed by atoms with E-state index in [4.69, 9.17) is 9.47 Å². The molecule has 0 spiro atoms. The summed E-state index contributed by atoms with van der Waals surface area (Å²) in [5.74, 6) is 1.03. The van der Waals surface area contributed by atoms with Gasteiger partial charge < -0.3 is 9.47 Å². The summed E-state index contributed by atoms with van der Waals surface area (Å²) in [5, 5.41) is 0.857. The van der Waals surface area contributed by atoms with Crippen LogP contribution in [0.25, 0.3) is 33.3 Å². The fraction of sp³-hybridized carbons (Fsp3) is 0.0909. The minimum Gasteiger partial charge on any atom is -0.493 e. The molecule has 0 unspecified atom stereocenters. The Hall–Kier alpha value is -3.47. The van der Waals surface area contributed by atoms with E-state index in [2.05, 4.69) is 9.97 Å². The smallest absolute Gasteiger partial charge is 0.161 e. The monoisotopic (exact) mass is 360 g/mol. The third-order valence-electron chi connectivity index (χ3n) is 4.45. The van der Waals surface area contributed by atoms with Crippen LogP contribution in [-0.4, -0.2) is 24.2 Å². The third-order valence-corrected chi connectivity index (χ3v) is 4.45. The average molecular weight is 360 g/mol. The first kappa shape index (κ1) is 17.0. The van der Waals surface area contributed by atoms with Gasteiger partial charge in [-0.2, -0.15) is 0 Å². The molecule has 0 N–H and O–H groups in total. The van der Waals surface area contributed by atoms with Crippen molar-refractivity contribution in [3.8, 4) is 33.9 Å². The van der Waals surface area contributed by atoms with Crippen LogP contribution in [0.1, 0.15) is 0 Å². The van der Waals surface area contributed by atoms with Gasteiger partial charge in [0.1, 0.15) is 12.1 Å². The average Bonchev–Trinajstić information content (AvgIpc) is 2.72. The highest BCUT2D eigenvalue weighted by Gasteiger charge is 2.11. The molecule has 134 valence electrons. The van der Waals surface area contributed by atoms with Crippen LogP contribution in [-0.2, 0) is 0 Å². The first-order valence-electron chi connectivity index (χ1n) is 8.42. The highest BCUT2D eigenvalue weighted by Crippen LogP contribution is 2.34. The predicted molar refractivity (Wildman–Crippen MR) is 103 cm³/mol. The van der Waals surface area contributed by atoms with E-state index in [9.17, 15) is 4.39 Å². The number of nitrogens with zero attached hydrogens (tertiary/aromatic N) is 2. The van der Waals surface area contributed by atoms with Gasteiger partial charge in [0.05, 0.1) is 25.4 Å². The molecule has 4 aromatic rings. The molecule has 5 heteroatoms. The maximum Gasteiger partial charge on any atom is 0.161 e.